The Balaban J connectivity index is 2.06. The summed E-state index contributed by atoms with van der Waals surface area (Å²) in [5, 5.41) is 10.7. The zero-order valence-corrected chi connectivity index (χ0v) is 12.1. The summed E-state index contributed by atoms with van der Waals surface area (Å²) < 4.78 is 27.7. The van der Waals surface area contributed by atoms with Crippen LogP contribution in [0.2, 0.25) is 0 Å². The average Bonchev–Trinajstić information content (AvgIpc) is 3.20. The van der Waals surface area contributed by atoms with Crippen molar-refractivity contribution in [2.75, 3.05) is 0 Å². The highest BCUT2D eigenvalue weighted by Crippen LogP contribution is 2.30. The summed E-state index contributed by atoms with van der Waals surface area (Å²) in [5.41, 5.74) is 5.71. The van der Waals surface area contributed by atoms with Crippen LogP contribution in [0.5, 0.6) is 0 Å². The van der Waals surface area contributed by atoms with Crippen molar-refractivity contribution in [3.8, 4) is 5.69 Å². The first-order valence-electron chi connectivity index (χ1n) is 6.73. The number of rotatable bonds is 4. The summed E-state index contributed by atoms with van der Waals surface area (Å²) in [6.07, 6.45) is 4.50. The molecule has 0 aliphatic heterocycles. The van der Waals surface area contributed by atoms with Crippen LogP contribution in [-0.4, -0.2) is 25.9 Å². The zero-order chi connectivity index (χ0) is 16.6. The third-order valence-electron chi connectivity index (χ3n) is 3.86. The first kappa shape index (κ1) is 14.9. The molecule has 1 unspecified atom stereocenters. The molecule has 0 bridgehead atoms. The van der Waals surface area contributed by atoms with Crippen LogP contribution in [-0.2, 0) is 10.2 Å². The quantitative estimate of drug-likeness (QED) is 0.767. The molecule has 0 radical (unpaired) electrons. The third-order valence-corrected chi connectivity index (χ3v) is 3.86. The number of primary amides is 1. The SMILES string of the molecule is CC(C(N)=O)(c1cnn(-c2ccc(F)c(F)c2)c1)c1ccn[nH]1. The lowest BCUT2D eigenvalue weighted by molar-refractivity contribution is -0.121. The first-order valence-corrected chi connectivity index (χ1v) is 6.73. The second-order valence-electron chi connectivity index (χ2n) is 5.23. The molecule has 118 valence electrons. The number of carbonyl (C=O) groups excluding carboxylic acids is 1. The predicted molar refractivity (Wildman–Crippen MR) is 77.7 cm³/mol. The molecular formula is C15H13F2N5O. The summed E-state index contributed by atoms with van der Waals surface area (Å²) in [5.74, 6) is -2.52. The fourth-order valence-electron chi connectivity index (χ4n) is 2.31. The Morgan fingerprint density at radius 1 is 1.30 bits per heavy atom. The van der Waals surface area contributed by atoms with Gasteiger partial charge in [-0.1, -0.05) is 0 Å². The molecule has 3 rings (SSSR count). The van der Waals surface area contributed by atoms with Gasteiger partial charge in [0.25, 0.3) is 0 Å². The highest BCUT2D eigenvalue weighted by Gasteiger charge is 2.38. The number of benzene rings is 1. The van der Waals surface area contributed by atoms with Gasteiger partial charge in [0, 0.05) is 24.0 Å². The van der Waals surface area contributed by atoms with E-state index in [9.17, 15) is 13.6 Å². The number of nitrogens with two attached hydrogens (primary N) is 1. The van der Waals surface area contributed by atoms with E-state index >= 15 is 0 Å². The van der Waals surface area contributed by atoms with Crippen molar-refractivity contribution in [3.63, 3.8) is 0 Å². The number of nitrogens with one attached hydrogen (secondary N) is 1. The lowest BCUT2D eigenvalue weighted by Gasteiger charge is -2.22. The smallest absolute Gasteiger partial charge is 0.233 e. The fraction of sp³-hybridized carbons (Fsp3) is 0.133. The number of H-pyrrole nitrogens is 1. The van der Waals surface area contributed by atoms with Gasteiger partial charge < -0.3 is 5.73 Å². The Morgan fingerprint density at radius 3 is 2.70 bits per heavy atom. The summed E-state index contributed by atoms with van der Waals surface area (Å²) in [6, 6.07) is 5.05. The molecule has 3 N–H and O–H groups in total. The molecule has 3 aromatic rings. The van der Waals surface area contributed by atoms with Crippen molar-refractivity contribution >= 4 is 5.91 Å². The number of amides is 1. The molecule has 8 heteroatoms. The topological polar surface area (TPSA) is 89.6 Å². The van der Waals surface area contributed by atoms with Crippen LogP contribution in [0.3, 0.4) is 0 Å². The second-order valence-corrected chi connectivity index (χ2v) is 5.23. The molecule has 23 heavy (non-hydrogen) atoms. The number of aromatic amines is 1. The Bertz CT molecular complexity index is 859. The van der Waals surface area contributed by atoms with Gasteiger partial charge in [-0.05, 0) is 25.1 Å². The summed E-state index contributed by atoms with van der Waals surface area (Å²) >= 11 is 0. The monoisotopic (exact) mass is 317 g/mol. The molecule has 0 fully saturated rings. The molecule has 0 saturated heterocycles. The number of hydrogen-bond donors (Lipinski definition) is 2. The number of halogens is 2. The van der Waals surface area contributed by atoms with Crippen molar-refractivity contribution in [1.82, 2.24) is 20.0 Å². The predicted octanol–water partition coefficient (Wildman–Crippen LogP) is 1.66. The van der Waals surface area contributed by atoms with Crippen LogP contribution in [0.15, 0.2) is 42.9 Å². The van der Waals surface area contributed by atoms with E-state index in [-0.39, 0.29) is 0 Å². The Labute approximate surface area is 129 Å². The van der Waals surface area contributed by atoms with Gasteiger partial charge in [0.1, 0.15) is 5.41 Å². The summed E-state index contributed by atoms with van der Waals surface area (Å²) in [4.78, 5) is 12.0. The van der Waals surface area contributed by atoms with E-state index in [4.69, 9.17) is 5.73 Å². The van der Waals surface area contributed by atoms with E-state index in [1.165, 1.54) is 29.3 Å². The van der Waals surface area contributed by atoms with E-state index in [2.05, 4.69) is 15.3 Å². The molecule has 2 aromatic heterocycles. The highest BCUT2D eigenvalue weighted by molar-refractivity contribution is 5.89. The maximum absolute atomic E-state index is 13.4. The molecule has 1 atom stereocenters. The van der Waals surface area contributed by atoms with Crippen molar-refractivity contribution < 1.29 is 13.6 Å². The molecule has 1 amide bonds. The van der Waals surface area contributed by atoms with Gasteiger partial charge in [-0.15, -0.1) is 0 Å². The van der Waals surface area contributed by atoms with Gasteiger partial charge in [0.2, 0.25) is 5.91 Å². The number of hydrogen-bond acceptors (Lipinski definition) is 3. The van der Waals surface area contributed by atoms with Crippen molar-refractivity contribution in [2.45, 2.75) is 12.3 Å². The molecule has 0 aliphatic rings. The van der Waals surface area contributed by atoms with E-state index in [0.717, 1.165) is 12.1 Å². The van der Waals surface area contributed by atoms with E-state index in [1.807, 2.05) is 0 Å². The molecule has 1 aromatic carbocycles. The van der Waals surface area contributed by atoms with E-state index in [1.54, 1.807) is 13.0 Å². The van der Waals surface area contributed by atoms with Crippen molar-refractivity contribution in [1.29, 1.82) is 0 Å². The molecule has 0 aliphatic carbocycles. The van der Waals surface area contributed by atoms with Crippen LogP contribution >= 0.6 is 0 Å². The molecule has 0 spiro atoms. The normalized spacial score (nSPS) is 13.7. The molecule has 0 saturated carbocycles. The fourth-order valence-corrected chi connectivity index (χ4v) is 2.31. The molecule has 2 heterocycles. The van der Waals surface area contributed by atoms with Gasteiger partial charge >= 0.3 is 0 Å². The summed E-state index contributed by atoms with van der Waals surface area (Å²) in [7, 11) is 0. The maximum atomic E-state index is 13.4. The highest BCUT2D eigenvalue weighted by atomic mass is 19.2. The van der Waals surface area contributed by atoms with Crippen molar-refractivity contribution in [2.24, 2.45) is 5.73 Å². The van der Waals surface area contributed by atoms with Crippen LogP contribution in [0.1, 0.15) is 18.2 Å². The Morgan fingerprint density at radius 2 is 2.09 bits per heavy atom. The largest absolute Gasteiger partial charge is 0.369 e. The van der Waals surface area contributed by atoms with E-state index < -0.39 is 23.0 Å². The van der Waals surface area contributed by atoms with Gasteiger partial charge in [-0.2, -0.15) is 10.2 Å². The molecular weight excluding hydrogens is 304 g/mol. The van der Waals surface area contributed by atoms with Gasteiger partial charge in [-0.3, -0.25) is 9.89 Å². The van der Waals surface area contributed by atoms with Gasteiger partial charge in [0.05, 0.1) is 17.6 Å². The lowest BCUT2D eigenvalue weighted by atomic mass is 9.80. The zero-order valence-electron chi connectivity index (χ0n) is 12.1. The minimum atomic E-state index is -1.17. The standard InChI is InChI=1S/C15H13F2N5O/c1-15(14(18)23,13-4-5-19-21-13)9-7-20-22(8-9)10-2-3-11(16)12(17)6-10/h2-8H,1H3,(H2,18,23)(H,19,21). The molecule has 6 nitrogen and oxygen atoms in total. The number of carbonyl (C=O) groups is 1. The third kappa shape index (κ3) is 2.37. The summed E-state index contributed by atoms with van der Waals surface area (Å²) in [6.45, 7) is 1.63. The van der Waals surface area contributed by atoms with Crippen LogP contribution in [0.25, 0.3) is 5.69 Å². The maximum Gasteiger partial charge on any atom is 0.233 e. The minimum absolute atomic E-state index is 0.326. The van der Waals surface area contributed by atoms with Gasteiger partial charge in [-0.25, -0.2) is 13.5 Å². The van der Waals surface area contributed by atoms with Crippen LogP contribution in [0, 0.1) is 11.6 Å². The second kappa shape index (κ2) is 5.31. The van der Waals surface area contributed by atoms with Crippen molar-refractivity contribution in [3.05, 3.63) is 65.7 Å². The van der Waals surface area contributed by atoms with Crippen LogP contribution < -0.4 is 5.73 Å². The minimum Gasteiger partial charge on any atom is -0.369 e. The lowest BCUT2D eigenvalue weighted by Crippen LogP contribution is -2.39. The Hall–Kier alpha value is -3.03. The van der Waals surface area contributed by atoms with Crippen LogP contribution in [0.4, 0.5) is 8.78 Å². The number of aromatic nitrogens is 4. The average molecular weight is 317 g/mol. The first-order chi connectivity index (χ1) is 10.9. The van der Waals surface area contributed by atoms with Gasteiger partial charge in [0.15, 0.2) is 11.6 Å². The number of nitrogens with zero attached hydrogens (tertiary/aromatic N) is 3. The van der Waals surface area contributed by atoms with E-state index in [0.29, 0.717) is 16.9 Å². The Kier molecular flexibility index (Phi) is 3.44.